The van der Waals surface area contributed by atoms with Crippen molar-refractivity contribution in [3.8, 4) is 5.69 Å². The number of nitrogens with one attached hydrogen (secondary N) is 1. The van der Waals surface area contributed by atoms with Crippen molar-refractivity contribution in [3.63, 3.8) is 0 Å². The van der Waals surface area contributed by atoms with Crippen molar-refractivity contribution in [1.29, 1.82) is 0 Å². The lowest BCUT2D eigenvalue weighted by Gasteiger charge is -2.30. The lowest BCUT2D eigenvalue weighted by atomic mass is 9.96. The maximum Gasteiger partial charge on any atom is 0.334 e. The minimum atomic E-state index is -0.679. The Bertz CT molecular complexity index is 1160. The predicted octanol–water partition coefficient (Wildman–Crippen LogP) is 0.310. The van der Waals surface area contributed by atoms with Gasteiger partial charge in [-0.3, -0.25) is 14.6 Å². The molecular weight excluding hydrogens is 367 g/mol. The van der Waals surface area contributed by atoms with Gasteiger partial charge in [0.1, 0.15) is 11.2 Å². The molecule has 1 aliphatic rings. The molecule has 0 bridgehead atoms. The largest absolute Gasteiger partial charge is 0.369 e. The van der Waals surface area contributed by atoms with E-state index in [4.69, 9.17) is 5.73 Å². The third-order valence-electron chi connectivity index (χ3n) is 4.90. The molecule has 0 unspecified atom stereocenters. The molecule has 1 aliphatic heterocycles. The Morgan fingerprint density at radius 1 is 1.18 bits per heavy atom. The number of aromatic nitrogens is 4. The first kappa shape index (κ1) is 17.8. The molecule has 1 saturated heterocycles. The number of rotatable bonds is 3. The molecule has 28 heavy (non-hydrogen) atoms. The number of nitrogens with zero attached hydrogens (tertiary/aromatic N) is 4. The highest BCUT2D eigenvalue weighted by Crippen LogP contribution is 2.21. The van der Waals surface area contributed by atoms with Gasteiger partial charge in [0.15, 0.2) is 5.65 Å². The third-order valence-corrected chi connectivity index (χ3v) is 4.90. The number of carbonyl (C=O) groups excluding carboxylic acids is 1. The lowest BCUT2D eigenvalue weighted by molar-refractivity contribution is -0.122. The molecule has 0 radical (unpaired) electrons. The quantitative estimate of drug-likeness (QED) is 0.669. The molecule has 144 valence electrons. The van der Waals surface area contributed by atoms with E-state index in [-0.39, 0.29) is 28.5 Å². The van der Waals surface area contributed by atoms with Crippen molar-refractivity contribution in [3.05, 3.63) is 57.1 Å². The zero-order valence-electron chi connectivity index (χ0n) is 14.8. The first-order chi connectivity index (χ1) is 13.4. The molecule has 3 heterocycles. The van der Waals surface area contributed by atoms with Crippen LogP contribution in [0.1, 0.15) is 12.8 Å². The molecule has 1 fully saturated rings. The van der Waals surface area contributed by atoms with Gasteiger partial charge in [-0.2, -0.15) is 4.98 Å². The number of fused-ring (bicyclic) bond motifs is 1. The van der Waals surface area contributed by atoms with Crippen LogP contribution < -0.4 is 21.9 Å². The number of carbonyl (C=O) groups is 1. The van der Waals surface area contributed by atoms with Crippen LogP contribution in [0.5, 0.6) is 0 Å². The number of halogens is 1. The summed E-state index contributed by atoms with van der Waals surface area (Å²) in [6.45, 7) is 1.10. The number of hydrogen-bond donors (Lipinski definition) is 2. The van der Waals surface area contributed by atoms with Crippen LogP contribution in [-0.2, 0) is 4.79 Å². The zero-order valence-corrected chi connectivity index (χ0v) is 14.8. The van der Waals surface area contributed by atoms with Gasteiger partial charge in [-0.05, 0) is 37.1 Å². The fraction of sp³-hybridized carbons (Fsp3) is 0.278. The number of amides is 1. The molecule has 1 aromatic carbocycles. The van der Waals surface area contributed by atoms with Crippen molar-refractivity contribution < 1.29 is 9.18 Å². The summed E-state index contributed by atoms with van der Waals surface area (Å²) >= 11 is 0. The molecular formula is C18H17FN6O3. The third kappa shape index (κ3) is 3.13. The number of piperidine rings is 1. The van der Waals surface area contributed by atoms with Crippen LogP contribution >= 0.6 is 0 Å². The summed E-state index contributed by atoms with van der Waals surface area (Å²) in [6, 6.07) is 5.02. The number of H-pyrrole nitrogens is 1. The second kappa shape index (κ2) is 6.87. The highest BCUT2D eigenvalue weighted by atomic mass is 19.1. The Morgan fingerprint density at radius 2 is 1.86 bits per heavy atom. The van der Waals surface area contributed by atoms with E-state index in [2.05, 4.69) is 15.0 Å². The maximum absolute atomic E-state index is 13.1. The normalized spacial score (nSPS) is 15.1. The smallest absolute Gasteiger partial charge is 0.334 e. The topological polar surface area (TPSA) is 127 Å². The highest BCUT2D eigenvalue weighted by Gasteiger charge is 2.25. The van der Waals surface area contributed by atoms with E-state index in [9.17, 15) is 18.8 Å². The molecule has 0 aliphatic carbocycles. The Kier molecular flexibility index (Phi) is 4.38. The number of aromatic amines is 1. The van der Waals surface area contributed by atoms with Crippen molar-refractivity contribution in [2.24, 2.45) is 11.7 Å². The van der Waals surface area contributed by atoms with Crippen LogP contribution in [0, 0.1) is 11.7 Å². The molecule has 10 heteroatoms. The maximum atomic E-state index is 13.1. The minimum absolute atomic E-state index is 0.121. The van der Waals surface area contributed by atoms with Gasteiger partial charge < -0.3 is 10.6 Å². The zero-order chi connectivity index (χ0) is 19.8. The molecule has 4 rings (SSSR count). The Morgan fingerprint density at radius 3 is 2.50 bits per heavy atom. The predicted molar refractivity (Wildman–Crippen MR) is 99.8 cm³/mol. The van der Waals surface area contributed by atoms with Crippen LogP contribution in [0.4, 0.5) is 10.3 Å². The molecule has 9 nitrogen and oxygen atoms in total. The van der Waals surface area contributed by atoms with E-state index < -0.39 is 17.1 Å². The summed E-state index contributed by atoms with van der Waals surface area (Å²) < 4.78 is 14.0. The van der Waals surface area contributed by atoms with Crippen molar-refractivity contribution in [2.75, 3.05) is 18.0 Å². The van der Waals surface area contributed by atoms with Gasteiger partial charge in [0, 0.05) is 25.2 Å². The van der Waals surface area contributed by atoms with Crippen LogP contribution in [-0.4, -0.2) is 38.5 Å². The van der Waals surface area contributed by atoms with Crippen LogP contribution in [0.25, 0.3) is 16.7 Å². The average molecular weight is 384 g/mol. The van der Waals surface area contributed by atoms with Crippen molar-refractivity contribution in [1.82, 2.24) is 19.5 Å². The summed E-state index contributed by atoms with van der Waals surface area (Å²) in [5, 5.41) is 0.139. The molecule has 3 aromatic rings. The summed E-state index contributed by atoms with van der Waals surface area (Å²) in [5.74, 6) is -0.587. The highest BCUT2D eigenvalue weighted by molar-refractivity contribution is 5.77. The van der Waals surface area contributed by atoms with E-state index in [0.717, 1.165) is 4.57 Å². The van der Waals surface area contributed by atoms with Crippen LogP contribution in [0.3, 0.4) is 0 Å². The summed E-state index contributed by atoms with van der Waals surface area (Å²) in [4.78, 5) is 49.5. The molecule has 2 aromatic heterocycles. The fourth-order valence-corrected chi connectivity index (χ4v) is 3.34. The van der Waals surface area contributed by atoms with Crippen LogP contribution in [0.15, 0.2) is 40.1 Å². The number of hydrogen-bond acceptors (Lipinski definition) is 6. The first-order valence-corrected chi connectivity index (χ1v) is 8.76. The van der Waals surface area contributed by atoms with E-state index in [1.807, 2.05) is 4.90 Å². The molecule has 1 amide bonds. The number of primary amides is 1. The van der Waals surface area contributed by atoms with Gasteiger partial charge in [-0.1, -0.05) is 0 Å². The number of benzene rings is 1. The lowest BCUT2D eigenvalue weighted by Crippen LogP contribution is -2.39. The Balaban J connectivity index is 1.71. The van der Waals surface area contributed by atoms with Gasteiger partial charge in [0.25, 0.3) is 5.56 Å². The van der Waals surface area contributed by atoms with Crippen molar-refractivity contribution in [2.45, 2.75) is 12.8 Å². The first-order valence-electron chi connectivity index (χ1n) is 8.76. The van der Waals surface area contributed by atoms with Gasteiger partial charge in [-0.15, -0.1) is 0 Å². The SMILES string of the molecule is NC(=O)C1CCN(c2ncc3c(=O)n(-c4ccc(F)cc4)c(=O)[nH]c3n2)CC1. The fourth-order valence-electron chi connectivity index (χ4n) is 3.34. The Hall–Kier alpha value is -3.56. The number of nitrogens with two attached hydrogens (primary N) is 1. The van der Waals surface area contributed by atoms with E-state index in [1.165, 1.54) is 30.5 Å². The summed E-state index contributed by atoms with van der Waals surface area (Å²) in [6.07, 6.45) is 2.55. The minimum Gasteiger partial charge on any atom is -0.369 e. The second-order valence-electron chi connectivity index (χ2n) is 6.64. The average Bonchev–Trinajstić information content (AvgIpc) is 2.69. The van der Waals surface area contributed by atoms with Crippen LogP contribution in [0.2, 0.25) is 0 Å². The van der Waals surface area contributed by atoms with E-state index in [1.54, 1.807) is 0 Å². The summed E-state index contributed by atoms with van der Waals surface area (Å²) in [5.41, 5.74) is 4.43. The monoisotopic (exact) mass is 384 g/mol. The van der Waals surface area contributed by atoms with Crippen molar-refractivity contribution >= 4 is 22.9 Å². The molecule has 3 N–H and O–H groups in total. The van der Waals surface area contributed by atoms with E-state index in [0.29, 0.717) is 31.9 Å². The second-order valence-corrected chi connectivity index (χ2v) is 6.64. The van der Waals surface area contributed by atoms with Gasteiger partial charge >= 0.3 is 5.69 Å². The van der Waals surface area contributed by atoms with Gasteiger partial charge in [-0.25, -0.2) is 18.7 Å². The van der Waals surface area contributed by atoms with Gasteiger partial charge in [0.05, 0.1) is 5.69 Å². The van der Waals surface area contributed by atoms with E-state index >= 15 is 0 Å². The number of anilines is 1. The van der Waals surface area contributed by atoms with Gasteiger partial charge in [0.2, 0.25) is 11.9 Å². The Labute approximate surface area is 157 Å². The standard InChI is InChI=1S/C18H17FN6O3/c19-11-1-3-12(4-2-11)25-16(27)13-9-21-17(22-15(13)23-18(25)28)24-7-5-10(6-8-24)14(20)26/h1-4,9-10H,5-8H2,(H2,20,26)(H,21,22,23,28). The summed E-state index contributed by atoms with van der Waals surface area (Å²) in [7, 11) is 0. The molecule has 0 spiro atoms. The molecule has 0 atom stereocenters. The molecule has 0 saturated carbocycles.